The molecule has 26 heavy (non-hydrogen) atoms. The van der Waals surface area contributed by atoms with Crippen molar-refractivity contribution in [1.82, 2.24) is 9.80 Å². The number of hydrogen-bond donors (Lipinski definition) is 0. The van der Waals surface area contributed by atoms with E-state index in [9.17, 15) is 9.59 Å². The lowest BCUT2D eigenvalue weighted by molar-refractivity contribution is -0.142. The molecule has 0 spiro atoms. The van der Waals surface area contributed by atoms with Gasteiger partial charge in [-0.3, -0.25) is 9.59 Å². The van der Waals surface area contributed by atoms with Gasteiger partial charge in [0, 0.05) is 44.1 Å². The van der Waals surface area contributed by atoms with Crippen molar-refractivity contribution < 1.29 is 19.1 Å². The van der Waals surface area contributed by atoms with Crippen LogP contribution < -0.4 is 9.47 Å². The fraction of sp³-hybridized carbons (Fsp3) is 0.600. The molecule has 0 aromatic heterocycles. The molecule has 0 bridgehead atoms. The summed E-state index contributed by atoms with van der Waals surface area (Å²) >= 11 is 0. The van der Waals surface area contributed by atoms with Crippen molar-refractivity contribution >= 4 is 11.8 Å². The van der Waals surface area contributed by atoms with Gasteiger partial charge in [-0.1, -0.05) is 26.0 Å². The number of ether oxygens (including phenoxy) is 2. The second-order valence-corrected chi connectivity index (χ2v) is 7.93. The molecule has 6 nitrogen and oxygen atoms in total. The normalized spacial score (nSPS) is 18.5. The van der Waals surface area contributed by atoms with Gasteiger partial charge in [-0.15, -0.1) is 0 Å². The van der Waals surface area contributed by atoms with Gasteiger partial charge >= 0.3 is 0 Å². The third-order valence-corrected chi connectivity index (χ3v) is 4.84. The van der Waals surface area contributed by atoms with Gasteiger partial charge in [0.1, 0.15) is 5.60 Å². The minimum Gasteiger partial charge on any atom is -0.483 e. The smallest absolute Gasteiger partial charge is 0.260 e. The molecule has 2 aliphatic rings. The van der Waals surface area contributed by atoms with E-state index in [0.29, 0.717) is 31.9 Å². The van der Waals surface area contributed by atoms with Crippen molar-refractivity contribution in [3.05, 3.63) is 23.8 Å². The molecule has 6 heteroatoms. The number of amides is 2. The third-order valence-electron chi connectivity index (χ3n) is 4.84. The van der Waals surface area contributed by atoms with E-state index in [1.54, 1.807) is 4.90 Å². The maximum Gasteiger partial charge on any atom is 0.260 e. The fourth-order valence-corrected chi connectivity index (χ4v) is 3.47. The van der Waals surface area contributed by atoms with Crippen LogP contribution in [-0.4, -0.2) is 60.0 Å². The first-order valence-electron chi connectivity index (χ1n) is 9.27. The first-order chi connectivity index (χ1) is 12.3. The van der Waals surface area contributed by atoms with Crippen LogP contribution in [0.25, 0.3) is 0 Å². The van der Waals surface area contributed by atoms with E-state index in [1.165, 1.54) is 0 Å². The Kier molecular flexibility index (Phi) is 5.12. The minimum absolute atomic E-state index is 0.00925. The molecule has 142 valence electrons. The summed E-state index contributed by atoms with van der Waals surface area (Å²) in [5.41, 5.74) is 0.867. The Labute approximate surface area is 155 Å². The average molecular weight is 360 g/mol. The number of carbonyl (C=O) groups is 2. The summed E-state index contributed by atoms with van der Waals surface area (Å²) in [5, 5.41) is 0. The highest BCUT2D eigenvalue weighted by molar-refractivity contribution is 5.80. The van der Waals surface area contributed by atoms with Gasteiger partial charge < -0.3 is 19.3 Å². The minimum atomic E-state index is -0.245. The van der Waals surface area contributed by atoms with Gasteiger partial charge in [0.25, 0.3) is 5.91 Å². The van der Waals surface area contributed by atoms with Crippen LogP contribution >= 0.6 is 0 Å². The Balaban J connectivity index is 1.54. The van der Waals surface area contributed by atoms with Crippen LogP contribution in [0, 0.1) is 5.92 Å². The van der Waals surface area contributed by atoms with Gasteiger partial charge in [0.15, 0.2) is 18.1 Å². The number of hydrogen-bond acceptors (Lipinski definition) is 4. The number of para-hydroxylation sites is 1. The largest absolute Gasteiger partial charge is 0.483 e. The molecule has 3 rings (SSSR count). The van der Waals surface area contributed by atoms with E-state index >= 15 is 0 Å². The van der Waals surface area contributed by atoms with Gasteiger partial charge in [-0.2, -0.15) is 0 Å². The second-order valence-electron chi connectivity index (χ2n) is 7.93. The van der Waals surface area contributed by atoms with Crippen LogP contribution in [0.2, 0.25) is 0 Å². The maximum absolute atomic E-state index is 12.5. The highest BCUT2D eigenvalue weighted by Crippen LogP contribution is 2.41. The highest BCUT2D eigenvalue weighted by Gasteiger charge is 2.32. The third kappa shape index (κ3) is 3.94. The van der Waals surface area contributed by atoms with E-state index in [4.69, 9.17) is 9.47 Å². The predicted octanol–water partition coefficient (Wildman–Crippen LogP) is 2.11. The van der Waals surface area contributed by atoms with Crippen LogP contribution in [0.1, 0.15) is 33.3 Å². The van der Waals surface area contributed by atoms with Crippen molar-refractivity contribution in [1.29, 1.82) is 0 Å². The monoisotopic (exact) mass is 360 g/mol. The topological polar surface area (TPSA) is 59.1 Å². The summed E-state index contributed by atoms with van der Waals surface area (Å²) in [6.45, 7) is 10.1. The summed E-state index contributed by atoms with van der Waals surface area (Å²) in [4.78, 5) is 28.1. The van der Waals surface area contributed by atoms with E-state index in [0.717, 1.165) is 17.7 Å². The molecule has 2 heterocycles. The lowest BCUT2D eigenvalue weighted by Gasteiger charge is -2.35. The van der Waals surface area contributed by atoms with Gasteiger partial charge in [0.05, 0.1) is 0 Å². The van der Waals surface area contributed by atoms with Crippen molar-refractivity contribution in [2.24, 2.45) is 5.92 Å². The molecule has 1 saturated heterocycles. The van der Waals surface area contributed by atoms with Crippen LogP contribution in [0.4, 0.5) is 0 Å². The second kappa shape index (κ2) is 7.17. The summed E-state index contributed by atoms with van der Waals surface area (Å²) in [6, 6.07) is 5.80. The average Bonchev–Trinajstić information content (AvgIpc) is 2.93. The number of fused-ring (bicyclic) bond motifs is 1. The van der Waals surface area contributed by atoms with Gasteiger partial charge in [-0.25, -0.2) is 0 Å². The molecule has 1 aromatic carbocycles. The number of nitrogens with zero attached hydrogens (tertiary/aromatic N) is 2. The zero-order chi connectivity index (χ0) is 18.9. The van der Waals surface area contributed by atoms with Crippen LogP contribution in [-0.2, 0) is 16.0 Å². The Hall–Kier alpha value is -2.24. The van der Waals surface area contributed by atoms with Crippen LogP contribution in [0.3, 0.4) is 0 Å². The van der Waals surface area contributed by atoms with Gasteiger partial charge in [0.2, 0.25) is 5.91 Å². The Morgan fingerprint density at radius 1 is 1.15 bits per heavy atom. The molecular weight excluding hydrogens is 332 g/mol. The molecule has 2 amide bonds. The first-order valence-corrected chi connectivity index (χ1v) is 9.27. The number of benzene rings is 1. The van der Waals surface area contributed by atoms with E-state index < -0.39 is 0 Å². The Morgan fingerprint density at radius 2 is 1.81 bits per heavy atom. The first kappa shape index (κ1) is 18.5. The summed E-state index contributed by atoms with van der Waals surface area (Å²) in [6.07, 6.45) is 0.833. The highest BCUT2D eigenvalue weighted by atomic mass is 16.5. The molecule has 0 unspecified atom stereocenters. The van der Waals surface area contributed by atoms with Crippen molar-refractivity contribution in [2.75, 3.05) is 32.8 Å². The zero-order valence-electron chi connectivity index (χ0n) is 16.1. The maximum atomic E-state index is 12.5. The summed E-state index contributed by atoms with van der Waals surface area (Å²) < 4.78 is 11.7. The zero-order valence-corrected chi connectivity index (χ0v) is 16.1. The quantitative estimate of drug-likeness (QED) is 0.825. The number of rotatable bonds is 4. The molecular formula is C20H28N2O4. The molecule has 1 fully saturated rings. The molecule has 0 N–H and O–H groups in total. The van der Waals surface area contributed by atoms with Crippen LogP contribution in [0.5, 0.6) is 11.5 Å². The van der Waals surface area contributed by atoms with E-state index in [1.807, 2.05) is 50.8 Å². The van der Waals surface area contributed by atoms with Gasteiger partial charge in [-0.05, 0) is 19.9 Å². The van der Waals surface area contributed by atoms with E-state index in [2.05, 4.69) is 0 Å². The van der Waals surface area contributed by atoms with Crippen molar-refractivity contribution in [2.45, 2.75) is 39.7 Å². The lowest BCUT2D eigenvalue weighted by atomic mass is 10.0. The molecule has 0 saturated carbocycles. The predicted molar refractivity (Wildman–Crippen MR) is 98.3 cm³/mol. The number of piperazine rings is 1. The molecule has 2 aliphatic heterocycles. The Morgan fingerprint density at radius 3 is 2.46 bits per heavy atom. The summed E-state index contributed by atoms with van der Waals surface area (Å²) in [7, 11) is 0. The molecule has 0 atom stereocenters. The molecule has 1 aromatic rings. The molecule has 0 aliphatic carbocycles. The summed E-state index contributed by atoms with van der Waals surface area (Å²) in [5.74, 6) is 1.45. The van der Waals surface area contributed by atoms with Crippen LogP contribution in [0.15, 0.2) is 18.2 Å². The Bertz CT molecular complexity index is 691. The van der Waals surface area contributed by atoms with Crippen molar-refractivity contribution in [3.63, 3.8) is 0 Å². The van der Waals surface area contributed by atoms with E-state index in [-0.39, 0.29) is 29.9 Å². The SMILES string of the molecule is CC(C)C(=O)N1CCN(C(=O)COc2cccc3c2OC(C)(C)C3)CC1. The standard InChI is InChI=1S/C20H28N2O4/c1-14(2)19(24)22-10-8-21(9-11-22)17(23)13-25-16-7-5-6-15-12-20(3,4)26-18(15)16/h5-7,14H,8-13H2,1-4H3. The van der Waals surface area contributed by atoms with Crippen molar-refractivity contribution in [3.8, 4) is 11.5 Å². The molecule has 0 radical (unpaired) electrons. The fourth-order valence-electron chi connectivity index (χ4n) is 3.47. The lowest BCUT2D eigenvalue weighted by Crippen LogP contribution is -2.52. The number of carbonyl (C=O) groups excluding carboxylic acids is 2.